The topological polar surface area (TPSA) is 111 Å². The highest BCUT2D eigenvalue weighted by molar-refractivity contribution is 8.22. The van der Waals surface area contributed by atoms with Gasteiger partial charge in [0.25, 0.3) is 0 Å². The Bertz CT molecular complexity index is 1240. The summed E-state index contributed by atoms with van der Waals surface area (Å²) >= 11 is 0. The molecule has 2 aliphatic heterocycles. The van der Waals surface area contributed by atoms with Crippen molar-refractivity contribution >= 4 is 22.4 Å². The number of rotatable bonds is 7. The van der Waals surface area contributed by atoms with Crippen LogP contribution in [0.4, 0.5) is 23.2 Å². The number of amides is 1. The summed E-state index contributed by atoms with van der Waals surface area (Å²) in [5.41, 5.74) is 6.35. The van der Waals surface area contributed by atoms with Crippen LogP contribution < -0.4 is 16.4 Å². The molecule has 2 aromatic rings. The molecular formula is C29H38F4N4O3S. The maximum atomic E-state index is 15.1. The second kappa shape index (κ2) is 11.8. The molecule has 12 heteroatoms. The Kier molecular flexibility index (Phi) is 8.71. The Labute approximate surface area is 239 Å². The molecule has 1 saturated carbocycles. The number of piperazine rings is 1. The Balaban J connectivity index is 1.34. The van der Waals surface area contributed by atoms with E-state index in [1.807, 2.05) is 0 Å². The predicted octanol–water partition coefficient (Wildman–Crippen LogP) is 5.41. The molecule has 1 amide bonds. The average Bonchev–Trinajstić information content (AvgIpc) is 3.05. The van der Waals surface area contributed by atoms with Gasteiger partial charge in [-0.3, -0.25) is 13.9 Å². The van der Waals surface area contributed by atoms with Crippen LogP contribution in [0.2, 0.25) is 0 Å². The second-order valence-corrected chi connectivity index (χ2v) is 13.8. The molecule has 7 nitrogen and oxygen atoms in total. The Morgan fingerprint density at radius 1 is 1.12 bits per heavy atom. The van der Waals surface area contributed by atoms with Gasteiger partial charge in [0.2, 0.25) is 11.8 Å². The lowest BCUT2D eigenvalue weighted by atomic mass is 9.64. The first kappa shape index (κ1) is 30.2. The number of carbonyl (C=O) groups excluding carboxylic acids is 1. The lowest BCUT2D eigenvalue weighted by molar-refractivity contribution is -0.121. The minimum absolute atomic E-state index is 0.0614. The van der Waals surface area contributed by atoms with Crippen LogP contribution in [-0.2, 0) is 16.6 Å². The van der Waals surface area contributed by atoms with Gasteiger partial charge < -0.3 is 16.4 Å². The third-order valence-corrected chi connectivity index (χ3v) is 11.1. The molecule has 2 bridgehead atoms. The number of halogens is 4. The number of nitrogens with two attached hydrogens (primary N) is 1. The molecule has 0 spiro atoms. The van der Waals surface area contributed by atoms with Crippen LogP contribution in [0.5, 0.6) is 0 Å². The smallest absolute Gasteiger partial charge is 0.248 e. The first-order valence-electron chi connectivity index (χ1n) is 14.1. The van der Waals surface area contributed by atoms with Crippen LogP contribution >= 0.6 is 10.8 Å². The van der Waals surface area contributed by atoms with E-state index < -0.39 is 58.5 Å². The summed E-state index contributed by atoms with van der Waals surface area (Å²) in [4.78, 5) is 13.6. The Morgan fingerprint density at radius 2 is 1.83 bits per heavy atom. The van der Waals surface area contributed by atoms with E-state index in [9.17, 15) is 27.1 Å². The molecule has 2 unspecified atom stereocenters. The van der Waals surface area contributed by atoms with Gasteiger partial charge in [0, 0.05) is 54.7 Å². The zero-order valence-electron chi connectivity index (χ0n) is 22.8. The number of alkyl halides is 2. The van der Waals surface area contributed by atoms with Gasteiger partial charge in [-0.05, 0) is 68.4 Å². The molecule has 1 aliphatic carbocycles. The molecule has 0 radical (unpaired) electrons. The summed E-state index contributed by atoms with van der Waals surface area (Å²) in [5.74, 6) is -4.22. The normalized spacial score (nSPS) is 28.2. The van der Waals surface area contributed by atoms with Crippen LogP contribution in [0.25, 0.3) is 0 Å². The first-order chi connectivity index (χ1) is 19.4. The van der Waals surface area contributed by atoms with Crippen LogP contribution in [0.15, 0.2) is 42.5 Å². The molecule has 2 heterocycles. The molecule has 226 valence electrons. The average molecular weight is 599 g/mol. The lowest BCUT2D eigenvalue weighted by Gasteiger charge is -2.49. The molecule has 4 atom stereocenters. The van der Waals surface area contributed by atoms with Crippen LogP contribution in [-0.4, -0.2) is 62.2 Å². The minimum atomic E-state index is -2.92. The van der Waals surface area contributed by atoms with Gasteiger partial charge >= 0.3 is 0 Å². The second-order valence-electron chi connectivity index (χ2n) is 11.6. The van der Waals surface area contributed by atoms with E-state index in [-0.39, 0.29) is 42.6 Å². The Hall–Kier alpha value is -2.22. The third-order valence-electron chi connectivity index (χ3n) is 9.07. The molecule has 2 saturated heterocycles. The standard InChI is InChI=1S/C29H38F4N4O3S/c30-20-8-6-19(7-9-20)28(12-14-29(32,33)15-13-28)26(34)27(38)36-25-5-1-4-24(31)23(25)11-10-22-17-35-21-3-2-16-41(39,40)37(22)18-21/h1,4-9,21-22,26,35,39-40H,2-3,10-18,34H2,(H,36,38)/t21?,22-,26+/m0/s1. The van der Waals surface area contributed by atoms with Crippen molar-refractivity contribution in [1.29, 1.82) is 0 Å². The first-order valence-corrected chi connectivity index (χ1v) is 15.8. The van der Waals surface area contributed by atoms with Crippen LogP contribution in [0, 0.1) is 11.6 Å². The quantitative estimate of drug-likeness (QED) is 0.273. The number of benzene rings is 2. The van der Waals surface area contributed by atoms with Crippen molar-refractivity contribution < 1.29 is 31.5 Å². The van der Waals surface area contributed by atoms with E-state index >= 15 is 4.39 Å². The van der Waals surface area contributed by atoms with Gasteiger partial charge in [0.15, 0.2) is 0 Å². The number of carbonyl (C=O) groups is 1. The van der Waals surface area contributed by atoms with Gasteiger partial charge in [-0.1, -0.05) is 18.2 Å². The number of anilines is 1. The summed E-state index contributed by atoms with van der Waals surface area (Å²) in [5, 5.41) is 6.19. The van der Waals surface area contributed by atoms with E-state index in [1.54, 1.807) is 10.4 Å². The summed E-state index contributed by atoms with van der Waals surface area (Å²) in [7, 11) is -2.92. The van der Waals surface area contributed by atoms with E-state index in [2.05, 4.69) is 10.6 Å². The monoisotopic (exact) mass is 598 g/mol. The summed E-state index contributed by atoms with van der Waals surface area (Å²) in [6.45, 7) is 1.04. The highest BCUT2D eigenvalue weighted by atomic mass is 32.3. The molecule has 0 aromatic heterocycles. The number of hydrogen-bond donors (Lipinski definition) is 5. The number of nitrogens with zero attached hydrogens (tertiary/aromatic N) is 1. The van der Waals surface area contributed by atoms with Gasteiger partial charge in [-0.2, -0.15) is 0 Å². The largest absolute Gasteiger partial charge is 0.324 e. The highest BCUT2D eigenvalue weighted by Gasteiger charge is 2.49. The fourth-order valence-electron chi connectivity index (χ4n) is 6.60. The minimum Gasteiger partial charge on any atom is -0.324 e. The van der Waals surface area contributed by atoms with Crippen molar-refractivity contribution in [2.45, 2.75) is 80.8 Å². The van der Waals surface area contributed by atoms with Crippen molar-refractivity contribution in [3.63, 3.8) is 0 Å². The third kappa shape index (κ3) is 6.42. The Morgan fingerprint density at radius 3 is 2.54 bits per heavy atom. The van der Waals surface area contributed by atoms with Gasteiger partial charge in [0.1, 0.15) is 11.6 Å². The SMILES string of the molecule is N[C@H](C(=O)Nc1cccc(F)c1CC[C@H]1CNC2CCCS(O)(O)N1C2)C1(c2ccc(F)cc2)CCC(F)(F)CC1. The molecule has 2 aromatic carbocycles. The van der Waals surface area contributed by atoms with Crippen LogP contribution in [0.1, 0.15) is 56.1 Å². The molecular weight excluding hydrogens is 560 g/mol. The van der Waals surface area contributed by atoms with E-state index in [1.165, 1.54) is 36.4 Å². The fraction of sp³-hybridized carbons (Fsp3) is 0.552. The van der Waals surface area contributed by atoms with E-state index in [0.29, 0.717) is 37.2 Å². The number of hydrogen-bond acceptors (Lipinski definition) is 6. The van der Waals surface area contributed by atoms with Crippen molar-refractivity contribution in [2.24, 2.45) is 5.73 Å². The maximum absolute atomic E-state index is 15.1. The summed E-state index contributed by atoms with van der Waals surface area (Å²) in [6.07, 6.45) is 1.17. The van der Waals surface area contributed by atoms with Gasteiger partial charge in [0.05, 0.1) is 11.8 Å². The predicted molar refractivity (Wildman–Crippen MR) is 152 cm³/mol. The highest BCUT2D eigenvalue weighted by Crippen LogP contribution is 2.49. The summed E-state index contributed by atoms with van der Waals surface area (Å²) < 4.78 is 80.3. The van der Waals surface area contributed by atoms with E-state index in [0.717, 1.165) is 6.42 Å². The van der Waals surface area contributed by atoms with Gasteiger partial charge in [-0.15, -0.1) is 10.8 Å². The van der Waals surface area contributed by atoms with Crippen molar-refractivity contribution in [3.8, 4) is 0 Å². The zero-order chi connectivity index (χ0) is 29.4. The van der Waals surface area contributed by atoms with Crippen molar-refractivity contribution in [2.75, 3.05) is 24.2 Å². The van der Waals surface area contributed by atoms with Crippen molar-refractivity contribution in [3.05, 3.63) is 65.2 Å². The molecule has 5 rings (SSSR count). The lowest BCUT2D eigenvalue weighted by Crippen LogP contribution is -2.56. The van der Waals surface area contributed by atoms with Crippen molar-refractivity contribution in [1.82, 2.24) is 9.62 Å². The van der Waals surface area contributed by atoms with E-state index in [4.69, 9.17) is 5.73 Å². The number of nitrogens with one attached hydrogen (secondary N) is 2. The van der Waals surface area contributed by atoms with Crippen LogP contribution in [0.3, 0.4) is 0 Å². The fourth-order valence-corrected chi connectivity index (χ4v) is 8.46. The number of fused-ring (bicyclic) bond motifs is 2. The summed E-state index contributed by atoms with van der Waals surface area (Å²) in [6, 6.07) is 8.44. The van der Waals surface area contributed by atoms with Gasteiger partial charge in [-0.25, -0.2) is 21.9 Å². The zero-order valence-corrected chi connectivity index (χ0v) is 23.6. The maximum Gasteiger partial charge on any atom is 0.248 e. The molecule has 3 fully saturated rings. The molecule has 41 heavy (non-hydrogen) atoms. The molecule has 6 N–H and O–H groups in total. The molecule has 3 aliphatic rings.